The van der Waals surface area contributed by atoms with Gasteiger partial charge in [-0.25, -0.2) is 0 Å². The van der Waals surface area contributed by atoms with Crippen molar-refractivity contribution in [1.29, 1.82) is 0 Å². The molecule has 1 aliphatic carbocycles. The molecule has 3 heteroatoms. The molecule has 26 heavy (non-hydrogen) atoms. The molecule has 3 nitrogen and oxygen atoms in total. The highest BCUT2D eigenvalue weighted by Crippen LogP contribution is 2.36. The highest BCUT2D eigenvalue weighted by molar-refractivity contribution is 5.79. The summed E-state index contributed by atoms with van der Waals surface area (Å²) < 4.78 is 5.58. The number of ether oxygens (including phenoxy) is 1. The van der Waals surface area contributed by atoms with Crippen LogP contribution in [0.3, 0.4) is 0 Å². The van der Waals surface area contributed by atoms with Crippen LogP contribution >= 0.6 is 0 Å². The maximum atomic E-state index is 5.58. The third-order valence-electron chi connectivity index (χ3n) is 5.74. The summed E-state index contributed by atoms with van der Waals surface area (Å²) in [6.07, 6.45) is 6.78. The highest BCUT2D eigenvalue weighted by atomic mass is 16.5. The molecular weight excluding hydrogens is 320 g/mol. The van der Waals surface area contributed by atoms with E-state index in [1.54, 1.807) is 7.11 Å². The predicted octanol–water partition coefficient (Wildman–Crippen LogP) is 4.77. The van der Waals surface area contributed by atoms with E-state index in [0.717, 1.165) is 31.7 Å². The van der Waals surface area contributed by atoms with Crippen molar-refractivity contribution in [3.8, 4) is 5.75 Å². The molecule has 0 amide bonds. The maximum absolute atomic E-state index is 5.58. The number of rotatable bonds is 6. The molecule has 4 rings (SSSR count). The average Bonchev–Trinajstić information content (AvgIpc) is 3.14. The van der Waals surface area contributed by atoms with Gasteiger partial charge in [0, 0.05) is 24.8 Å². The lowest BCUT2D eigenvalue weighted by molar-refractivity contribution is 0.299. The van der Waals surface area contributed by atoms with Crippen molar-refractivity contribution in [2.24, 2.45) is 0 Å². The summed E-state index contributed by atoms with van der Waals surface area (Å²) in [6.45, 7) is 2.20. The Bertz CT molecular complexity index is 883. The Morgan fingerprint density at radius 2 is 2.12 bits per heavy atom. The van der Waals surface area contributed by atoms with E-state index < -0.39 is 0 Å². The van der Waals surface area contributed by atoms with Crippen molar-refractivity contribution in [1.82, 2.24) is 9.88 Å². The number of hydrogen-bond donors (Lipinski definition) is 1. The number of nitrogens with zero attached hydrogens (tertiary/aromatic N) is 1. The minimum Gasteiger partial charge on any atom is -0.496 e. The van der Waals surface area contributed by atoms with Crippen LogP contribution in [0.15, 0.2) is 48.7 Å². The van der Waals surface area contributed by atoms with Crippen LogP contribution in [0.2, 0.25) is 0 Å². The Morgan fingerprint density at radius 1 is 1.19 bits per heavy atom. The topological polar surface area (TPSA) is 28.3 Å². The number of nitrogens with one attached hydrogen (secondary N) is 1. The van der Waals surface area contributed by atoms with E-state index in [2.05, 4.69) is 59.4 Å². The van der Waals surface area contributed by atoms with Gasteiger partial charge in [-0.3, -0.25) is 0 Å². The largest absolute Gasteiger partial charge is 0.496 e. The SMILES string of the molecule is COc1cccc2c1CCCC2CN(C)CCc1ccc2cc[nH]c2c1. The predicted molar refractivity (Wildman–Crippen MR) is 108 cm³/mol. The molecule has 1 atom stereocenters. The lowest BCUT2D eigenvalue weighted by Gasteiger charge is -2.30. The summed E-state index contributed by atoms with van der Waals surface area (Å²) in [5.74, 6) is 1.68. The van der Waals surface area contributed by atoms with Crippen LogP contribution in [-0.4, -0.2) is 37.1 Å². The molecule has 1 heterocycles. The lowest BCUT2D eigenvalue weighted by Crippen LogP contribution is -2.28. The molecule has 1 aromatic heterocycles. The summed E-state index contributed by atoms with van der Waals surface area (Å²) in [5.41, 5.74) is 5.56. The maximum Gasteiger partial charge on any atom is 0.122 e. The van der Waals surface area contributed by atoms with Gasteiger partial charge < -0.3 is 14.6 Å². The van der Waals surface area contributed by atoms with Gasteiger partial charge >= 0.3 is 0 Å². The molecule has 136 valence electrons. The number of fused-ring (bicyclic) bond motifs is 2. The molecule has 0 spiro atoms. The minimum atomic E-state index is 0.615. The van der Waals surface area contributed by atoms with Crippen molar-refractivity contribution in [2.45, 2.75) is 31.6 Å². The monoisotopic (exact) mass is 348 g/mol. The van der Waals surface area contributed by atoms with E-state index >= 15 is 0 Å². The van der Waals surface area contributed by atoms with E-state index in [9.17, 15) is 0 Å². The molecule has 0 fully saturated rings. The Labute approximate surface area is 156 Å². The van der Waals surface area contributed by atoms with E-state index in [0.29, 0.717) is 5.92 Å². The molecule has 2 aromatic carbocycles. The van der Waals surface area contributed by atoms with Crippen molar-refractivity contribution >= 4 is 10.9 Å². The molecule has 1 N–H and O–H groups in total. The van der Waals surface area contributed by atoms with Gasteiger partial charge in [0.15, 0.2) is 0 Å². The molecule has 0 radical (unpaired) electrons. The van der Waals surface area contributed by atoms with Crippen LogP contribution in [0.25, 0.3) is 10.9 Å². The number of likely N-dealkylation sites (N-methyl/N-ethyl adjacent to an activating group) is 1. The number of benzene rings is 2. The van der Waals surface area contributed by atoms with Gasteiger partial charge in [0.2, 0.25) is 0 Å². The van der Waals surface area contributed by atoms with Gasteiger partial charge in [0.05, 0.1) is 7.11 Å². The molecule has 0 aliphatic heterocycles. The molecule has 1 unspecified atom stereocenters. The summed E-state index contributed by atoms with van der Waals surface area (Å²) in [7, 11) is 4.04. The second-order valence-electron chi connectivity index (χ2n) is 7.53. The van der Waals surface area contributed by atoms with Crippen LogP contribution in [0, 0.1) is 0 Å². The number of aromatic amines is 1. The Morgan fingerprint density at radius 3 is 3.00 bits per heavy atom. The van der Waals surface area contributed by atoms with Gasteiger partial charge in [0.1, 0.15) is 5.75 Å². The number of aromatic nitrogens is 1. The first-order valence-corrected chi connectivity index (χ1v) is 9.65. The first kappa shape index (κ1) is 17.2. The zero-order chi connectivity index (χ0) is 17.9. The highest BCUT2D eigenvalue weighted by Gasteiger charge is 2.23. The van der Waals surface area contributed by atoms with E-state index in [1.165, 1.54) is 40.4 Å². The van der Waals surface area contributed by atoms with Gasteiger partial charge in [-0.2, -0.15) is 0 Å². The second kappa shape index (κ2) is 7.55. The first-order chi connectivity index (χ1) is 12.7. The number of methoxy groups -OCH3 is 1. The van der Waals surface area contributed by atoms with Gasteiger partial charge in [0.25, 0.3) is 0 Å². The van der Waals surface area contributed by atoms with E-state index in [4.69, 9.17) is 4.74 Å². The van der Waals surface area contributed by atoms with Crippen LogP contribution in [0.4, 0.5) is 0 Å². The number of H-pyrrole nitrogens is 1. The third kappa shape index (κ3) is 3.49. The van der Waals surface area contributed by atoms with Gasteiger partial charge in [-0.1, -0.05) is 24.3 Å². The zero-order valence-corrected chi connectivity index (χ0v) is 15.8. The van der Waals surface area contributed by atoms with Crippen molar-refractivity contribution in [3.05, 3.63) is 65.4 Å². The standard InChI is InChI=1S/C23H28N2O/c1-25(14-12-17-9-10-18-11-13-24-22(18)15-17)16-19-5-3-7-21-20(19)6-4-8-23(21)26-2/h4,6,8-11,13,15,19,24H,3,5,7,12,14,16H2,1-2H3. The van der Waals surface area contributed by atoms with Crippen molar-refractivity contribution < 1.29 is 4.74 Å². The third-order valence-corrected chi connectivity index (χ3v) is 5.74. The first-order valence-electron chi connectivity index (χ1n) is 9.65. The Balaban J connectivity index is 1.40. The Hall–Kier alpha value is -2.26. The molecule has 1 aliphatic rings. The second-order valence-corrected chi connectivity index (χ2v) is 7.53. The fraction of sp³-hybridized carbons (Fsp3) is 0.391. The molecule has 0 saturated carbocycles. The number of hydrogen-bond acceptors (Lipinski definition) is 2. The van der Waals surface area contributed by atoms with Crippen LogP contribution in [-0.2, 0) is 12.8 Å². The quantitative estimate of drug-likeness (QED) is 0.695. The molecular formula is C23H28N2O. The van der Waals surface area contributed by atoms with E-state index in [-0.39, 0.29) is 0 Å². The van der Waals surface area contributed by atoms with E-state index in [1.807, 2.05) is 6.20 Å². The summed E-state index contributed by atoms with van der Waals surface area (Å²) in [4.78, 5) is 5.79. The fourth-order valence-electron chi connectivity index (χ4n) is 4.33. The van der Waals surface area contributed by atoms with Gasteiger partial charge in [-0.15, -0.1) is 0 Å². The lowest BCUT2D eigenvalue weighted by atomic mass is 9.82. The molecule has 0 saturated heterocycles. The smallest absolute Gasteiger partial charge is 0.122 e. The Kier molecular flexibility index (Phi) is 4.98. The minimum absolute atomic E-state index is 0.615. The van der Waals surface area contributed by atoms with Crippen LogP contribution in [0.5, 0.6) is 5.75 Å². The van der Waals surface area contributed by atoms with Gasteiger partial charge in [-0.05, 0) is 78.9 Å². The van der Waals surface area contributed by atoms with Crippen molar-refractivity contribution in [2.75, 3.05) is 27.2 Å². The molecule has 0 bridgehead atoms. The van der Waals surface area contributed by atoms with Crippen LogP contribution in [0.1, 0.15) is 35.4 Å². The molecule has 3 aromatic rings. The fourth-order valence-corrected chi connectivity index (χ4v) is 4.33. The van der Waals surface area contributed by atoms with Crippen molar-refractivity contribution in [3.63, 3.8) is 0 Å². The zero-order valence-electron chi connectivity index (χ0n) is 15.8. The normalized spacial score (nSPS) is 16.8. The summed E-state index contributed by atoms with van der Waals surface area (Å²) in [5, 5.41) is 1.29. The average molecular weight is 348 g/mol. The summed E-state index contributed by atoms with van der Waals surface area (Å²) >= 11 is 0. The van der Waals surface area contributed by atoms with Crippen LogP contribution < -0.4 is 4.74 Å². The summed E-state index contributed by atoms with van der Waals surface area (Å²) in [6, 6.07) is 15.4.